The summed E-state index contributed by atoms with van der Waals surface area (Å²) < 4.78 is 0. The summed E-state index contributed by atoms with van der Waals surface area (Å²) in [5.41, 5.74) is 2.65. The Labute approximate surface area is 144 Å². The second-order valence-electron chi connectivity index (χ2n) is 7.58. The first kappa shape index (κ1) is 18.2. The Hall–Kier alpha value is -1.13. The topological polar surface area (TPSA) is 0 Å². The quantitative estimate of drug-likeness (QED) is 0.510. The van der Waals surface area contributed by atoms with Gasteiger partial charge in [-0.2, -0.15) is 0 Å². The highest BCUT2D eigenvalue weighted by molar-refractivity contribution is 7.68. The standard InChI is InChI=1S/C22H31P/c1-7-21(3,4)23(22(5,6)8-2)20-16-12-15-19(17-20)18-13-10-9-11-14-18/h9-17H,7-8H2,1-6H3. The lowest BCUT2D eigenvalue weighted by molar-refractivity contribution is 0.610. The maximum absolute atomic E-state index is 2.45. The minimum absolute atomic E-state index is 0.249. The Bertz CT molecular complexity index is 609. The Morgan fingerprint density at radius 1 is 0.696 bits per heavy atom. The Balaban J connectivity index is 2.52. The van der Waals surface area contributed by atoms with Crippen LogP contribution in [-0.2, 0) is 0 Å². The van der Waals surface area contributed by atoms with Gasteiger partial charge in [-0.15, -0.1) is 0 Å². The van der Waals surface area contributed by atoms with E-state index in [1.807, 2.05) is 0 Å². The molecule has 0 aliphatic carbocycles. The molecule has 0 aromatic heterocycles. The van der Waals surface area contributed by atoms with Gasteiger partial charge in [0.1, 0.15) is 0 Å². The Morgan fingerprint density at radius 3 is 1.74 bits per heavy atom. The molecule has 0 spiro atoms. The van der Waals surface area contributed by atoms with Gasteiger partial charge in [0, 0.05) is 0 Å². The van der Waals surface area contributed by atoms with Gasteiger partial charge in [-0.3, -0.25) is 0 Å². The summed E-state index contributed by atoms with van der Waals surface area (Å²) in [6, 6.07) is 20.0. The third-order valence-corrected chi connectivity index (χ3v) is 9.00. The Morgan fingerprint density at radius 2 is 1.22 bits per heavy atom. The van der Waals surface area contributed by atoms with E-state index in [0.29, 0.717) is 10.3 Å². The summed E-state index contributed by atoms with van der Waals surface area (Å²) in [5, 5.41) is 2.24. The fourth-order valence-corrected chi connectivity index (χ4v) is 7.46. The third-order valence-electron chi connectivity index (χ3n) is 5.15. The molecular formula is C22H31P. The van der Waals surface area contributed by atoms with E-state index in [1.54, 1.807) is 5.30 Å². The molecule has 0 amide bonds. The predicted octanol–water partition coefficient (Wildman–Crippen LogP) is 6.84. The highest BCUT2D eigenvalue weighted by Crippen LogP contribution is 2.61. The van der Waals surface area contributed by atoms with Gasteiger partial charge >= 0.3 is 0 Å². The van der Waals surface area contributed by atoms with Crippen LogP contribution in [0, 0.1) is 0 Å². The maximum Gasteiger partial charge on any atom is -0.0109 e. The Kier molecular flexibility index (Phi) is 5.69. The molecule has 23 heavy (non-hydrogen) atoms. The van der Waals surface area contributed by atoms with Crippen molar-refractivity contribution >= 4 is 13.2 Å². The summed E-state index contributed by atoms with van der Waals surface area (Å²) >= 11 is 0. The van der Waals surface area contributed by atoms with Gasteiger partial charge in [0.25, 0.3) is 0 Å². The fourth-order valence-electron chi connectivity index (χ4n) is 3.29. The van der Waals surface area contributed by atoms with Crippen molar-refractivity contribution in [1.82, 2.24) is 0 Å². The van der Waals surface area contributed by atoms with Gasteiger partial charge in [0.15, 0.2) is 0 Å². The molecule has 0 saturated heterocycles. The molecule has 2 aromatic carbocycles. The van der Waals surface area contributed by atoms with Crippen molar-refractivity contribution in [3.63, 3.8) is 0 Å². The van der Waals surface area contributed by atoms with Gasteiger partial charge in [0.2, 0.25) is 0 Å². The average molecular weight is 326 g/mol. The van der Waals surface area contributed by atoms with E-state index in [1.165, 1.54) is 24.0 Å². The predicted molar refractivity (Wildman–Crippen MR) is 107 cm³/mol. The van der Waals surface area contributed by atoms with Crippen molar-refractivity contribution in [2.45, 2.75) is 64.7 Å². The van der Waals surface area contributed by atoms with E-state index in [0.717, 1.165) is 0 Å². The molecule has 0 radical (unpaired) electrons. The molecule has 124 valence electrons. The summed E-state index contributed by atoms with van der Waals surface area (Å²) in [5.74, 6) is 0. The molecule has 0 heterocycles. The van der Waals surface area contributed by atoms with Crippen LogP contribution in [0.2, 0.25) is 0 Å². The molecular weight excluding hydrogens is 295 g/mol. The summed E-state index contributed by atoms with van der Waals surface area (Å²) in [7, 11) is -0.249. The molecule has 0 nitrogen and oxygen atoms in total. The molecule has 2 aromatic rings. The zero-order chi connectivity index (χ0) is 17.1. The minimum Gasteiger partial charge on any atom is -0.0645 e. The van der Waals surface area contributed by atoms with Crippen LogP contribution in [0.5, 0.6) is 0 Å². The number of hydrogen-bond acceptors (Lipinski definition) is 0. The van der Waals surface area contributed by atoms with E-state index in [9.17, 15) is 0 Å². The van der Waals surface area contributed by atoms with Gasteiger partial charge in [0.05, 0.1) is 0 Å². The van der Waals surface area contributed by atoms with E-state index < -0.39 is 0 Å². The molecule has 0 saturated carbocycles. The molecule has 0 N–H and O–H groups in total. The van der Waals surface area contributed by atoms with Gasteiger partial charge in [-0.25, -0.2) is 0 Å². The number of rotatable bonds is 6. The van der Waals surface area contributed by atoms with Crippen molar-refractivity contribution in [1.29, 1.82) is 0 Å². The highest BCUT2D eigenvalue weighted by Gasteiger charge is 2.39. The first-order valence-electron chi connectivity index (χ1n) is 8.77. The van der Waals surface area contributed by atoms with Crippen LogP contribution in [0.25, 0.3) is 11.1 Å². The van der Waals surface area contributed by atoms with E-state index in [4.69, 9.17) is 0 Å². The van der Waals surface area contributed by atoms with Crippen LogP contribution in [0.3, 0.4) is 0 Å². The second kappa shape index (κ2) is 7.18. The smallest absolute Gasteiger partial charge is 0.0109 e. The third kappa shape index (κ3) is 4.04. The van der Waals surface area contributed by atoms with Crippen molar-refractivity contribution in [3.8, 4) is 11.1 Å². The molecule has 0 aliphatic heterocycles. The van der Waals surface area contributed by atoms with Crippen molar-refractivity contribution in [2.24, 2.45) is 0 Å². The summed E-state index contributed by atoms with van der Waals surface area (Å²) in [4.78, 5) is 0. The summed E-state index contributed by atoms with van der Waals surface area (Å²) in [6.07, 6.45) is 2.44. The van der Waals surface area contributed by atoms with Crippen LogP contribution in [0.15, 0.2) is 54.6 Å². The molecule has 0 atom stereocenters. The zero-order valence-corrected chi connectivity index (χ0v) is 16.5. The lowest BCUT2D eigenvalue weighted by atomic mass is 10.1. The van der Waals surface area contributed by atoms with Crippen molar-refractivity contribution in [2.75, 3.05) is 0 Å². The monoisotopic (exact) mass is 326 g/mol. The molecule has 0 fully saturated rings. The van der Waals surface area contributed by atoms with Crippen molar-refractivity contribution < 1.29 is 0 Å². The van der Waals surface area contributed by atoms with Crippen molar-refractivity contribution in [3.05, 3.63) is 54.6 Å². The lowest BCUT2D eigenvalue weighted by Crippen LogP contribution is -2.34. The van der Waals surface area contributed by atoms with Crippen LogP contribution < -0.4 is 5.30 Å². The average Bonchev–Trinajstić information content (AvgIpc) is 2.55. The SMILES string of the molecule is CCC(C)(C)P(c1cccc(-c2ccccc2)c1)C(C)(C)CC. The number of hydrogen-bond donors (Lipinski definition) is 0. The molecule has 2 rings (SSSR count). The zero-order valence-electron chi connectivity index (χ0n) is 15.6. The number of benzene rings is 2. The molecule has 0 aliphatic rings. The summed E-state index contributed by atoms with van der Waals surface area (Å²) in [6.45, 7) is 14.5. The molecule has 0 bridgehead atoms. The van der Waals surface area contributed by atoms with Crippen LogP contribution in [0.4, 0.5) is 0 Å². The van der Waals surface area contributed by atoms with Gasteiger partial charge in [-0.1, -0.05) is 98.0 Å². The van der Waals surface area contributed by atoms with Crippen LogP contribution in [0.1, 0.15) is 54.4 Å². The highest BCUT2D eigenvalue weighted by atomic mass is 31.1. The van der Waals surface area contributed by atoms with E-state index in [2.05, 4.69) is 96.1 Å². The second-order valence-corrected chi connectivity index (χ2v) is 11.2. The largest absolute Gasteiger partial charge is 0.0645 e. The first-order valence-corrected chi connectivity index (χ1v) is 10.1. The minimum atomic E-state index is -0.249. The molecule has 1 heteroatoms. The first-order chi connectivity index (χ1) is 10.8. The van der Waals surface area contributed by atoms with E-state index in [-0.39, 0.29) is 7.92 Å². The van der Waals surface area contributed by atoms with Gasteiger partial charge in [-0.05, 0) is 45.7 Å². The molecule has 0 unspecified atom stereocenters. The van der Waals surface area contributed by atoms with Gasteiger partial charge < -0.3 is 0 Å². The normalized spacial score (nSPS) is 12.7. The van der Waals surface area contributed by atoms with Crippen LogP contribution in [-0.4, -0.2) is 10.3 Å². The van der Waals surface area contributed by atoms with Crippen LogP contribution >= 0.6 is 7.92 Å². The lowest BCUT2D eigenvalue weighted by Gasteiger charge is -2.45. The fraction of sp³-hybridized carbons (Fsp3) is 0.455. The van der Waals surface area contributed by atoms with E-state index >= 15 is 0 Å². The maximum atomic E-state index is 2.45.